The molecular weight excluding hydrogens is 504 g/mol. The summed E-state index contributed by atoms with van der Waals surface area (Å²) in [4.78, 5) is 23.7. The zero-order valence-corrected chi connectivity index (χ0v) is 24.5. The Balaban J connectivity index is 1.13. The van der Waals surface area contributed by atoms with E-state index in [2.05, 4.69) is 72.3 Å². The van der Waals surface area contributed by atoms with Gasteiger partial charge in [-0.05, 0) is 73.3 Å². The van der Waals surface area contributed by atoms with Crippen LogP contribution in [0.15, 0.2) is 41.8 Å². The van der Waals surface area contributed by atoms with Gasteiger partial charge in [0.2, 0.25) is 5.91 Å². The number of nitrogens with zero attached hydrogens (tertiary/aromatic N) is 4. The molecule has 0 N–H and O–H groups in total. The number of likely N-dealkylation sites (N-methyl/N-ethyl adjacent to an activating group) is 1. The second kappa shape index (κ2) is 10.9. The number of thiazole rings is 1. The van der Waals surface area contributed by atoms with E-state index in [4.69, 9.17) is 9.72 Å². The van der Waals surface area contributed by atoms with E-state index >= 15 is 0 Å². The van der Waals surface area contributed by atoms with Gasteiger partial charge in [0.1, 0.15) is 12.4 Å². The number of amides is 1. The third-order valence-electron chi connectivity index (χ3n) is 9.21. The first kappa shape index (κ1) is 26.3. The second-order valence-electron chi connectivity index (χ2n) is 12.0. The van der Waals surface area contributed by atoms with Gasteiger partial charge < -0.3 is 14.5 Å². The van der Waals surface area contributed by atoms with Gasteiger partial charge in [-0.15, -0.1) is 11.3 Å². The van der Waals surface area contributed by atoms with Crippen molar-refractivity contribution in [1.82, 2.24) is 14.8 Å². The first-order valence-electron chi connectivity index (χ1n) is 14.3. The lowest BCUT2D eigenvalue weighted by atomic mass is 9.87. The topological polar surface area (TPSA) is 48.9 Å². The van der Waals surface area contributed by atoms with Gasteiger partial charge in [0.25, 0.3) is 0 Å². The summed E-state index contributed by atoms with van der Waals surface area (Å²) in [6.07, 6.45) is 2.73. The minimum Gasteiger partial charge on any atom is -0.488 e. The lowest BCUT2D eigenvalue weighted by Gasteiger charge is -2.36. The zero-order chi connectivity index (χ0) is 27.1. The molecule has 2 aromatic carbocycles. The molecule has 2 unspecified atom stereocenters. The first-order valence-corrected chi connectivity index (χ1v) is 15.2. The van der Waals surface area contributed by atoms with Crippen molar-refractivity contribution in [3.05, 3.63) is 64.0 Å². The summed E-state index contributed by atoms with van der Waals surface area (Å²) < 4.78 is 6.43. The Labute approximate surface area is 236 Å². The van der Waals surface area contributed by atoms with Crippen LogP contribution in [-0.4, -0.2) is 60.5 Å². The van der Waals surface area contributed by atoms with Crippen LogP contribution < -0.4 is 9.64 Å². The average molecular weight is 545 g/mol. The molecule has 3 aromatic rings. The van der Waals surface area contributed by atoms with E-state index in [1.165, 1.54) is 35.1 Å². The van der Waals surface area contributed by atoms with Crippen molar-refractivity contribution in [2.75, 3.05) is 44.7 Å². The van der Waals surface area contributed by atoms with E-state index < -0.39 is 0 Å². The van der Waals surface area contributed by atoms with E-state index in [1.807, 2.05) is 11.9 Å². The summed E-state index contributed by atoms with van der Waals surface area (Å²) in [7, 11) is 1.88. The Morgan fingerprint density at radius 2 is 1.85 bits per heavy atom. The third-order valence-corrected chi connectivity index (χ3v) is 10.1. The number of aryl methyl sites for hydroxylation is 2. The van der Waals surface area contributed by atoms with Crippen molar-refractivity contribution in [3.63, 3.8) is 0 Å². The second-order valence-corrected chi connectivity index (χ2v) is 12.8. The molecule has 3 aliphatic rings. The summed E-state index contributed by atoms with van der Waals surface area (Å²) in [5.41, 5.74) is 6.91. The average Bonchev–Trinajstić information content (AvgIpc) is 3.47. The van der Waals surface area contributed by atoms with Crippen LogP contribution >= 0.6 is 11.3 Å². The highest BCUT2D eigenvalue weighted by molar-refractivity contribution is 7.14. The van der Waals surface area contributed by atoms with Crippen molar-refractivity contribution < 1.29 is 9.53 Å². The van der Waals surface area contributed by atoms with Gasteiger partial charge in [-0.3, -0.25) is 9.69 Å². The van der Waals surface area contributed by atoms with Gasteiger partial charge in [0, 0.05) is 50.7 Å². The number of rotatable bonds is 7. The maximum Gasteiger partial charge on any atom is 0.236 e. The van der Waals surface area contributed by atoms with Crippen LogP contribution in [0.3, 0.4) is 0 Å². The van der Waals surface area contributed by atoms with Crippen LogP contribution in [0.5, 0.6) is 5.75 Å². The molecule has 2 atom stereocenters. The van der Waals surface area contributed by atoms with Crippen LogP contribution in [-0.2, 0) is 17.9 Å². The smallest absolute Gasteiger partial charge is 0.236 e. The van der Waals surface area contributed by atoms with E-state index in [-0.39, 0.29) is 5.91 Å². The highest BCUT2D eigenvalue weighted by Crippen LogP contribution is 2.44. The summed E-state index contributed by atoms with van der Waals surface area (Å²) >= 11 is 1.76. The molecule has 6 rings (SSSR count). The molecule has 1 aliphatic carbocycles. The molecule has 0 radical (unpaired) electrons. The fourth-order valence-electron chi connectivity index (χ4n) is 6.53. The minimum atomic E-state index is 0.196. The number of benzene rings is 2. The molecule has 6 nitrogen and oxygen atoms in total. The van der Waals surface area contributed by atoms with Crippen molar-refractivity contribution in [1.29, 1.82) is 0 Å². The van der Waals surface area contributed by atoms with Gasteiger partial charge in [-0.25, -0.2) is 4.98 Å². The number of carbonyl (C=O) groups excluding carboxylic acids is 1. The summed E-state index contributed by atoms with van der Waals surface area (Å²) in [5.74, 6) is 3.55. The normalized spacial score (nSPS) is 23.5. The predicted molar refractivity (Wildman–Crippen MR) is 158 cm³/mol. The van der Waals surface area contributed by atoms with Gasteiger partial charge in [0.05, 0.1) is 12.2 Å². The van der Waals surface area contributed by atoms with Gasteiger partial charge in [-0.1, -0.05) is 36.8 Å². The molecule has 39 heavy (non-hydrogen) atoms. The Morgan fingerprint density at radius 3 is 2.59 bits per heavy atom. The number of hydrogen-bond donors (Lipinski definition) is 0. The number of carbonyl (C=O) groups is 1. The number of ether oxygens (including phenoxy) is 1. The summed E-state index contributed by atoms with van der Waals surface area (Å²) in [6.45, 7) is 12.5. The Kier molecular flexibility index (Phi) is 7.38. The van der Waals surface area contributed by atoms with Crippen LogP contribution in [0.4, 0.5) is 5.13 Å². The standard InChI is InChI=1S/C32H40N4O2S/c1-21-5-10-30(28(13-21)29-20-39-32(33-29)36-16-25-8-9-26(17-36)23(25)3)38-19-27-7-6-24(14-22(27)2)15-35-12-11-34(4)31(37)18-35/h5-7,10,13-14,20,23,25-26H,8-9,11-12,15-19H2,1-4H3. The molecule has 1 amide bonds. The maximum absolute atomic E-state index is 12.1. The molecule has 0 spiro atoms. The molecule has 3 heterocycles. The van der Waals surface area contributed by atoms with E-state index in [1.54, 1.807) is 11.3 Å². The molecule has 2 aliphatic heterocycles. The number of hydrogen-bond acceptors (Lipinski definition) is 6. The first-order chi connectivity index (χ1) is 18.8. The Hall–Kier alpha value is -2.90. The fraction of sp³-hybridized carbons (Fsp3) is 0.500. The van der Waals surface area contributed by atoms with Crippen molar-refractivity contribution in [2.24, 2.45) is 17.8 Å². The van der Waals surface area contributed by atoms with Crippen LogP contribution in [0.1, 0.15) is 42.0 Å². The van der Waals surface area contributed by atoms with Gasteiger partial charge in [-0.2, -0.15) is 0 Å². The molecule has 1 saturated carbocycles. The molecule has 206 valence electrons. The zero-order valence-electron chi connectivity index (χ0n) is 23.7. The Bertz CT molecular complexity index is 1340. The quantitative estimate of drug-likeness (QED) is 0.378. The number of piperazine rings is 1. The van der Waals surface area contributed by atoms with Crippen LogP contribution in [0.25, 0.3) is 11.3 Å². The lowest BCUT2D eigenvalue weighted by Crippen LogP contribution is -2.47. The SMILES string of the molecule is Cc1ccc(OCc2ccc(CN3CCN(C)C(=O)C3)cc2C)c(-c2csc(N3CC4CCC(C3)C4C)n2)c1. The lowest BCUT2D eigenvalue weighted by molar-refractivity contribution is -0.134. The fourth-order valence-corrected chi connectivity index (χ4v) is 7.37. The monoisotopic (exact) mass is 544 g/mol. The maximum atomic E-state index is 12.1. The van der Waals surface area contributed by atoms with Crippen LogP contribution in [0.2, 0.25) is 0 Å². The highest BCUT2D eigenvalue weighted by atomic mass is 32.1. The number of piperidine rings is 1. The number of anilines is 1. The number of fused-ring (bicyclic) bond motifs is 2. The minimum absolute atomic E-state index is 0.196. The van der Waals surface area contributed by atoms with Crippen molar-refractivity contribution in [2.45, 2.75) is 46.8 Å². The molecule has 1 aromatic heterocycles. The van der Waals surface area contributed by atoms with E-state index in [9.17, 15) is 4.79 Å². The molecular formula is C32H40N4O2S. The molecule has 2 saturated heterocycles. The highest BCUT2D eigenvalue weighted by Gasteiger charge is 2.40. The van der Waals surface area contributed by atoms with E-state index in [0.717, 1.165) is 72.6 Å². The van der Waals surface area contributed by atoms with E-state index in [0.29, 0.717) is 13.2 Å². The summed E-state index contributed by atoms with van der Waals surface area (Å²) in [5, 5.41) is 3.34. The van der Waals surface area contributed by atoms with Crippen molar-refractivity contribution in [3.8, 4) is 17.0 Å². The number of aromatic nitrogens is 1. The largest absolute Gasteiger partial charge is 0.488 e. The van der Waals surface area contributed by atoms with Crippen LogP contribution in [0, 0.1) is 31.6 Å². The van der Waals surface area contributed by atoms with Gasteiger partial charge >= 0.3 is 0 Å². The third kappa shape index (κ3) is 5.57. The molecule has 2 bridgehead atoms. The van der Waals surface area contributed by atoms with Crippen molar-refractivity contribution >= 4 is 22.4 Å². The molecule has 3 fully saturated rings. The summed E-state index contributed by atoms with van der Waals surface area (Å²) in [6, 6.07) is 13.0. The Morgan fingerprint density at radius 1 is 1.05 bits per heavy atom. The molecule has 7 heteroatoms. The predicted octanol–water partition coefficient (Wildman–Crippen LogP) is 5.76. The van der Waals surface area contributed by atoms with Gasteiger partial charge in [0.15, 0.2) is 5.13 Å².